The Morgan fingerprint density at radius 2 is 2.16 bits per heavy atom. The Hall–Kier alpha value is -2.67. The van der Waals surface area contributed by atoms with Gasteiger partial charge in [0.25, 0.3) is 5.56 Å². The molecule has 0 saturated carbocycles. The molecule has 4 rings (SSSR count). The lowest BCUT2D eigenvalue weighted by Crippen LogP contribution is -2.26. The van der Waals surface area contributed by atoms with Crippen LogP contribution in [-0.2, 0) is 24.1 Å². The van der Waals surface area contributed by atoms with Crippen LogP contribution in [-0.4, -0.2) is 23.0 Å². The molecule has 31 heavy (non-hydrogen) atoms. The number of carbonyl (C=O) groups excluding carboxylic acids is 1. The van der Waals surface area contributed by atoms with Crippen molar-refractivity contribution in [3.05, 3.63) is 50.9 Å². The average molecular weight is 440 g/mol. The minimum atomic E-state index is -0.130. The number of nitrogens with zero attached hydrogens (tertiary/aromatic N) is 1. The number of anilines is 1. The zero-order chi connectivity index (χ0) is 22.2. The molecule has 0 saturated heterocycles. The summed E-state index contributed by atoms with van der Waals surface area (Å²) in [6.07, 6.45) is 3.67. The quantitative estimate of drug-likeness (QED) is 0.603. The maximum Gasteiger partial charge on any atom is 0.259 e. The first-order valence-corrected chi connectivity index (χ1v) is 11.5. The molecule has 1 aromatic carbocycles. The van der Waals surface area contributed by atoms with E-state index in [0.717, 1.165) is 29.5 Å². The third kappa shape index (κ3) is 4.66. The smallest absolute Gasteiger partial charge is 0.259 e. The van der Waals surface area contributed by atoms with Crippen LogP contribution in [0.2, 0.25) is 0 Å². The van der Waals surface area contributed by atoms with Gasteiger partial charge in [-0.05, 0) is 48.3 Å². The van der Waals surface area contributed by atoms with E-state index in [4.69, 9.17) is 9.72 Å². The molecule has 1 amide bonds. The number of aromatic nitrogens is 2. The topological polar surface area (TPSA) is 84.1 Å². The molecule has 7 heteroatoms. The van der Waals surface area contributed by atoms with E-state index in [9.17, 15) is 9.59 Å². The van der Waals surface area contributed by atoms with Gasteiger partial charge in [0.2, 0.25) is 5.91 Å². The van der Waals surface area contributed by atoms with E-state index >= 15 is 0 Å². The molecule has 1 atom stereocenters. The van der Waals surface area contributed by atoms with Crippen molar-refractivity contribution in [2.24, 2.45) is 11.3 Å². The van der Waals surface area contributed by atoms with Gasteiger partial charge >= 0.3 is 0 Å². The van der Waals surface area contributed by atoms with Crippen LogP contribution in [0, 0.1) is 11.3 Å². The maximum atomic E-state index is 12.8. The molecule has 1 unspecified atom stereocenters. The second-order valence-electron chi connectivity index (χ2n) is 9.28. The van der Waals surface area contributed by atoms with E-state index in [2.05, 4.69) is 31.1 Å². The highest BCUT2D eigenvalue weighted by Gasteiger charge is 2.31. The molecule has 0 fully saturated rings. The lowest BCUT2D eigenvalue weighted by molar-refractivity contribution is -0.116. The Labute approximate surface area is 186 Å². The van der Waals surface area contributed by atoms with E-state index in [1.165, 1.54) is 10.4 Å². The van der Waals surface area contributed by atoms with Gasteiger partial charge in [0.1, 0.15) is 16.4 Å². The predicted octanol–water partition coefficient (Wildman–Crippen LogP) is 4.72. The number of H-pyrrole nitrogens is 1. The molecule has 0 spiro atoms. The van der Waals surface area contributed by atoms with Crippen molar-refractivity contribution in [2.75, 3.05) is 12.4 Å². The Morgan fingerprint density at radius 1 is 1.35 bits per heavy atom. The van der Waals surface area contributed by atoms with Gasteiger partial charge in [0, 0.05) is 29.5 Å². The SMILES string of the molecule is COc1cccc(NC(=O)CCc2nc3sc4c(c3c(=O)[nH]2)CCC(C(C)(C)C)C4)c1. The number of nitrogens with one attached hydrogen (secondary N) is 2. The van der Waals surface area contributed by atoms with Crippen LogP contribution < -0.4 is 15.6 Å². The van der Waals surface area contributed by atoms with Gasteiger partial charge in [-0.15, -0.1) is 11.3 Å². The van der Waals surface area contributed by atoms with Crippen molar-refractivity contribution >= 4 is 33.1 Å². The fourth-order valence-corrected chi connectivity index (χ4v) is 5.56. The van der Waals surface area contributed by atoms with Crippen molar-refractivity contribution in [1.29, 1.82) is 0 Å². The third-order valence-electron chi connectivity index (χ3n) is 6.14. The van der Waals surface area contributed by atoms with Crippen LogP contribution in [0.1, 0.15) is 49.9 Å². The van der Waals surface area contributed by atoms with Crippen LogP contribution in [0.5, 0.6) is 5.75 Å². The van der Waals surface area contributed by atoms with E-state index in [-0.39, 0.29) is 23.3 Å². The summed E-state index contributed by atoms with van der Waals surface area (Å²) in [6.45, 7) is 6.86. The number of fused-ring (bicyclic) bond motifs is 3. The summed E-state index contributed by atoms with van der Waals surface area (Å²) < 4.78 is 5.18. The second kappa shape index (κ2) is 8.46. The van der Waals surface area contributed by atoms with E-state index in [0.29, 0.717) is 29.6 Å². The Balaban J connectivity index is 1.48. The normalized spacial score (nSPS) is 16.2. The van der Waals surface area contributed by atoms with Crippen molar-refractivity contribution in [3.63, 3.8) is 0 Å². The highest BCUT2D eigenvalue weighted by molar-refractivity contribution is 7.18. The fourth-order valence-electron chi connectivity index (χ4n) is 4.24. The van der Waals surface area contributed by atoms with E-state index in [1.54, 1.807) is 24.5 Å². The van der Waals surface area contributed by atoms with Crippen LogP contribution in [0.25, 0.3) is 10.2 Å². The fraction of sp³-hybridized carbons (Fsp3) is 0.458. The molecule has 2 aromatic heterocycles. The molecular formula is C24H29N3O3S. The second-order valence-corrected chi connectivity index (χ2v) is 10.4. The number of hydrogen-bond donors (Lipinski definition) is 2. The molecular weight excluding hydrogens is 410 g/mol. The van der Waals surface area contributed by atoms with Gasteiger partial charge in [-0.25, -0.2) is 4.98 Å². The Morgan fingerprint density at radius 3 is 2.90 bits per heavy atom. The molecule has 1 aliphatic carbocycles. The molecule has 2 N–H and O–H groups in total. The minimum Gasteiger partial charge on any atom is -0.497 e. The lowest BCUT2D eigenvalue weighted by Gasteiger charge is -2.33. The molecule has 1 aliphatic rings. The largest absolute Gasteiger partial charge is 0.497 e. The molecule has 3 aromatic rings. The van der Waals surface area contributed by atoms with E-state index < -0.39 is 0 Å². The zero-order valence-electron chi connectivity index (χ0n) is 18.5. The first kappa shape index (κ1) is 21.6. The first-order chi connectivity index (χ1) is 14.7. The van der Waals surface area contributed by atoms with Crippen LogP contribution >= 0.6 is 11.3 Å². The standard InChI is InChI=1S/C24H29N3O3S/c1-24(2,3)14-8-9-17-18(12-14)31-23-21(17)22(29)26-19(27-23)10-11-20(28)25-15-6-5-7-16(13-15)30-4/h5-7,13-14H,8-12H2,1-4H3,(H,25,28)(H,26,27,29). The van der Waals surface area contributed by atoms with Crippen LogP contribution in [0.3, 0.4) is 0 Å². The summed E-state index contributed by atoms with van der Waals surface area (Å²) in [5.74, 6) is 1.73. The van der Waals surface area contributed by atoms with Crippen molar-refractivity contribution in [1.82, 2.24) is 9.97 Å². The van der Waals surface area contributed by atoms with Gasteiger partial charge in [-0.2, -0.15) is 0 Å². The molecule has 164 valence electrons. The van der Waals surface area contributed by atoms with Crippen molar-refractivity contribution in [2.45, 2.75) is 52.9 Å². The number of aryl methyl sites for hydroxylation is 2. The minimum absolute atomic E-state index is 0.0834. The monoisotopic (exact) mass is 439 g/mol. The Bertz CT molecular complexity index is 1170. The van der Waals surface area contributed by atoms with Crippen molar-refractivity contribution in [3.8, 4) is 5.75 Å². The van der Waals surface area contributed by atoms with Gasteiger partial charge in [0.15, 0.2) is 0 Å². The highest BCUT2D eigenvalue weighted by Crippen LogP contribution is 2.41. The number of hydrogen-bond acceptors (Lipinski definition) is 5. The summed E-state index contributed by atoms with van der Waals surface area (Å²) in [4.78, 5) is 34.9. The van der Waals surface area contributed by atoms with Crippen molar-refractivity contribution < 1.29 is 9.53 Å². The number of ether oxygens (including phenoxy) is 1. The van der Waals surface area contributed by atoms with Gasteiger partial charge in [0.05, 0.1) is 12.5 Å². The number of amides is 1. The van der Waals surface area contributed by atoms with Crippen LogP contribution in [0.15, 0.2) is 29.1 Å². The van der Waals surface area contributed by atoms with Gasteiger partial charge in [-0.3, -0.25) is 9.59 Å². The molecule has 0 radical (unpaired) electrons. The third-order valence-corrected chi connectivity index (χ3v) is 7.28. The number of benzene rings is 1. The molecule has 0 bridgehead atoms. The summed E-state index contributed by atoms with van der Waals surface area (Å²) in [5.41, 5.74) is 2.03. The number of methoxy groups -OCH3 is 1. The maximum absolute atomic E-state index is 12.8. The number of carbonyl (C=O) groups is 1. The zero-order valence-corrected chi connectivity index (χ0v) is 19.3. The van der Waals surface area contributed by atoms with Gasteiger partial charge < -0.3 is 15.0 Å². The predicted molar refractivity (Wildman–Crippen MR) is 125 cm³/mol. The Kier molecular flexibility index (Phi) is 5.88. The number of aromatic amines is 1. The first-order valence-electron chi connectivity index (χ1n) is 10.7. The highest BCUT2D eigenvalue weighted by atomic mass is 32.1. The summed E-state index contributed by atoms with van der Waals surface area (Å²) in [7, 11) is 1.59. The molecule has 6 nitrogen and oxygen atoms in total. The molecule has 2 heterocycles. The van der Waals surface area contributed by atoms with Crippen LogP contribution in [0.4, 0.5) is 5.69 Å². The summed E-state index contributed by atoms with van der Waals surface area (Å²) in [5, 5.41) is 3.61. The lowest BCUT2D eigenvalue weighted by atomic mass is 9.72. The average Bonchev–Trinajstić information content (AvgIpc) is 3.10. The number of rotatable bonds is 5. The summed E-state index contributed by atoms with van der Waals surface area (Å²) in [6, 6.07) is 7.23. The molecule has 0 aliphatic heterocycles. The summed E-state index contributed by atoms with van der Waals surface area (Å²) >= 11 is 1.64. The van der Waals surface area contributed by atoms with E-state index in [1.807, 2.05) is 18.2 Å². The number of thiophene rings is 1. The van der Waals surface area contributed by atoms with Gasteiger partial charge in [-0.1, -0.05) is 26.8 Å².